The third-order valence-corrected chi connectivity index (χ3v) is 2.83. The van der Waals surface area contributed by atoms with Crippen molar-refractivity contribution < 1.29 is 4.79 Å². The number of carbonyl (C=O) groups excluding carboxylic acids is 1. The van der Waals surface area contributed by atoms with E-state index in [0.717, 1.165) is 37.0 Å². The van der Waals surface area contributed by atoms with E-state index < -0.39 is 0 Å². The van der Waals surface area contributed by atoms with Gasteiger partial charge >= 0.3 is 0 Å². The molecule has 1 aromatic rings. The van der Waals surface area contributed by atoms with Crippen LogP contribution in [0.1, 0.15) is 12.8 Å². The number of aldehydes is 1. The molecule has 2 rings (SSSR count). The van der Waals surface area contributed by atoms with Crippen LogP contribution in [0.15, 0.2) is 24.3 Å². The highest BCUT2D eigenvalue weighted by Crippen LogP contribution is 2.33. The minimum atomic E-state index is -0.227. The van der Waals surface area contributed by atoms with Crippen molar-refractivity contribution in [3.8, 4) is 0 Å². The van der Waals surface area contributed by atoms with Crippen LogP contribution >= 0.6 is 0 Å². The number of carbonyl (C=O) groups is 1. The van der Waals surface area contributed by atoms with E-state index in [0.29, 0.717) is 6.54 Å². The molecule has 1 atom stereocenters. The molecule has 1 aliphatic rings. The van der Waals surface area contributed by atoms with E-state index in [1.54, 1.807) is 0 Å². The summed E-state index contributed by atoms with van der Waals surface area (Å²) in [5, 5.41) is 3.19. The zero-order valence-electron chi connectivity index (χ0n) is 9.23. The average molecular weight is 219 g/mol. The summed E-state index contributed by atoms with van der Waals surface area (Å²) in [5.74, 6) is 0. The molecule has 0 radical (unpaired) electrons. The zero-order valence-corrected chi connectivity index (χ0v) is 9.23. The lowest BCUT2D eigenvalue weighted by Gasteiger charge is -2.22. The number of rotatable bonds is 5. The van der Waals surface area contributed by atoms with E-state index in [1.165, 1.54) is 0 Å². The Morgan fingerprint density at radius 1 is 1.38 bits per heavy atom. The summed E-state index contributed by atoms with van der Waals surface area (Å²) >= 11 is 0. The van der Waals surface area contributed by atoms with E-state index in [4.69, 9.17) is 5.73 Å². The van der Waals surface area contributed by atoms with Crippen LogP contribution in [0.2, 0.25) is 0 Å². The number of anilines is 2. The van der Waals surface area contributed by atoms with Gasteiger partial charge in [-0.1, -0.05) is 12.1 Å². The average Bonchev–Trinajstić information content (AvgIpc) is 2.68. The molecule has 0 fully saturated rings. The number of hydrogen-bond acceptors (Lipinski definition) is 4. The maximum absolute atomic E-state index is 11.0. The Hall–Kier alpha value is -1.55. The molecule has 16 heavy (non-hydrogen) atoms. The first kappa shape index (κ1) is 11.0. The molecule has 1 aromatic carbocycles. The fourth-order valence-electron chi connectivity index (χ4n) is 2.03. The van der Waals surface area contributed by atoms with Gasteiger partial charge in [0.25, 0.3) is 0 Å². The fraction of sp³-hybridized carbons (Fsp3) is 0.417. The van der Waals surface area contributed by atoms with Gasteiger partial charge in [-0.05, 0) is 31.5 Å². The number of nitrogens with one attached hydrogen (secondary N) is 1. The highest BCUT2D eigenvalue weighted by Gasteiger charge is 2.26. The molecular weight excluding hydrogens is 202 g/mol. The van der Waals surface area contributed by atoms with Gasteiger partial charge in [0, 0.05) is 6.54 Å². The predicted octanol–water partition coefficient (Wildman–Crippen LogP) is 1.18. The number of nitrogens with two attached hydrogens (primary N) is 1. The second-order valence-corrected chi connectivity index (χ2v) is 3.93. The fourth-order valence-corrected chi connectivity index (χ4v) is 2.03. The topological polar surface area (TPSA) is 58.4 Å². The van der Waals surface area contributed by atoms with Crippen molar-refractivity contribution in [2.45, 2.75) is 19.0 Å². The molecule has 4 nitrogen and oxygen atoms in total. The van der Waals surface area contributed by atoms with Gasteiger partial charge < -0.3 is 16.0 Å². The molecule has 1 unspecified atom stereocenters. The van der Waals surface area contributed by atoms with Crippen LogP contribution in [0.25, 0.3) is 0 Å². The molecule has 0 aromatic heterocycles. The molecule has 0 bridgehead atoms. The summed E-state index contributed by atoms with van der Waals surface area (Å²) in [6, 6.07) is 7.99. The van der Waals surface area contributed by atoms with Crippen LogP contribution in [0, 0.1) is 0 Å². The second-order valence-electron chi connectivity index (χ2n) is 3.93. The lowest BCUT2D eigenvalue weighted by Crippen LogP contribution is -2.37. The van der Waals surface area contributed by atoms with Gasteiger partial charge in [-0.2, -0.15) is 0 Å². The first-order valence-electron chi connectivity index (χ1n) is 5.64. The minimum Gasteiger partial charge on any atom is -0.358 e. The van der Waals surface area contributed by atoms with Crippen molar-refractivity contribution in [2.24, 2.45) is 5.73 Å². The Labute approximate surface area is 95.4 Å². The normalized spacial score (nSPS) is 18.1. The summed E-state index contributed by atoms with van der Waals surface area (Å²) in [6.45, 7) is 1.57. The SMILES string of the molecule is NCCCCN1c2ccccc2NC1C=O. The second kappa shape index (κ2) is 4.99. The molecule has 3 N–H and O–H groups in total. The third kappa shape index (κ3) is 2.02. The van der Waals surface area contributed by atoms with Crippen molar-refractivity contribution in [2.75, 3.05) is 23.3 Å². The van der Waals surface area contributed by atoms with Crippen LogP contribution < -0.4 is 16.0 Å². The van der Waals surface area contributed by atoms with E-state index >= 15 is 0 Å². The van der Waals surface area contributed by atoms with Crippen LogP contribution in [-0.4, -0.2) is 25.5 Å². The Balaban J connectivity index is 2.11. The summed E-state index contributed by atoms with van der Waals surface area (Å²) in [6.07, 6.45) is 2.72. The van der Waals surface area contributed by atoms with E-state index in [1.807, 2.05) is 24.3 Å². The number of benzene rings is 1. The van der Waals surface area contributed by atoms with Crippen LogP contribution in [-0.2, 0) is 4.79 Å². The van der Waals surface area contributed by atoms with Crippen molar-refractivity contribution in [1.82, 2.24) is 0 Å². The maximum Gasteiger partial charge on any atom is 0.162 e. The smallest absolute Gasteiger partial charge is 0.162 e. The van der Waals surface area contributed by atoms with Crippen LogP contribution in [0.3, 0.4) is 0 Å². The Kier molecular flexibility index (Phi) is 3.41. The summed E-state index contributed by atoms with van der Waals surface area (Å²) < 4.78 is 0. The largest absolute Gasteiger partial charge is 0.358 e. The Bertz CT molecular complexity index is 367. The number of unbranched alkanes of at least 4 members (excludes halogenated alkanes) is 1. The molecule has 1 heterocycles. The van der Waals surface area contributed by atoms with Crippen molar-refractivity contribution in [1.29, 1.82) is 0 Å². The summed E-state index contributed by atoms with van der Waals surface area (Å²) in [5.41, 5.74) is 7.61. The molecular formula is C12H17N3O. The van der Waals surface area contributed by atoms with Gasteiger partial charge in [-0.15, -0.1) is 0 Å². The summed E-state index contributed by atoms with van der Waals surface area (Å²) in [4.78, 5) is 13.1. The standard InChI is InChI=1S/C12H17N3O/c13-7-3-4-8-15-11-6-2-1-5-10(11)14-12(15)9-16/h1-2,5-6,9,12,14H,3-4,7-8,13H2. The number of nitrogens with zero attached hydrogens (tertiary/aromatic N) is 1. The lowest BCUT2D eigenvalue weighted by atomic mass is 10.2. The zero-order chi connectivity index (χ0) is 11.4. The molecule has 86 valence electrons. The van der Waals surface area contributed by atoms with Crippen LogP contribution in [0.4, 0.5) is 11.4 Å². The van der Waals surface area contributed by atoms with E-state index in [2.05, 4.69) is 10.2 Å². The summed E-state index contributed by atoms with van der Waals surface area (Å²) in [7, 11) is 0. The first-order valence-corrected chi connectivity index (χ1v) is 5.64. The van der Waals surface area contributed by atoms with E-state index in [9.17, 15) is 4.79 Å². The highest BCUT2D eigenvalue weighted by atomic mass is 16.1. The van der Waals surface area contributed by atoms with Crippen molar-refractivity contribution in [3.63, 3.8) is 0 Å². The molecule has 0 saturated heterocycles. The molecule has 4 heteroatoms. The lowest BCUT2D eigenvalue weighted by molar-refractivity contribution is -0.108. The highest BCUT2D eigenvalue weighted by molar-refractivity contribution is 5.84. The quantitative estimate of drug-likeness (QED) is 0.577. The molecule has 0 aliphatic carbocycles. The van der Waals surface area contributed by atoms with E-state index in [-0.39, 0.29) is 6.17 Å². The van der Waals surface area contributed by atoms with Gasteiger partial charge in [0.1, 0.15) is 0 Å². The van der Waals surface area contributed by atoms with Crippen molar-refractivity contribution in [3.05, 3.63) is 24.3 Å². The minimum absolute atomic E-state index is 0.227. The van der Waals surface area contributed by atoms with Crippen molar-refractivity contribution >= 4 is 17.7 Å². The number of para-hydroxylation sites is 2. The molecule has 1 aliphatic heterocycles. The van der Waals surface area contributed by atoms with Gasteiger partial charge in [0.05, 0.1) is 11.4 Å². The molecule has 0 saturated carbocycles. The predicted molar refractivity (Wildman–Crippen MR) is 65.6 cm³/mol. The molecule has 0 spiro atoms. The van der Waals surface area contributed by atoms with Crippen LogP contribution in [0.5, 0.6) is 0 Å². The number of fused-ring (bicyclic) bond motifs is 1. The monoisotopic (exact) mass is 219 g/mol. The number of hydrogen-bond donors (Lipinski definition) is 2. The third-order valence-electron chi connectivity index (χ3n) is 2.83. The first-order chi connectivity index (χ1) is 7.86. The maximum atomic E-state index is 11.0. The Morgan fingerprint density at radius 3 is 2.94 bits per heavy atom. The van der Waals surface area contributed by atoms with Gasteiger partial charge in [0.15, 0.2) is 12.5 Å². The Morgan fingerprint density at radius 2 is 2.19 bits per heavy atom. The van der Waals surface area contributed by atoms with Gasteiger partial charge in [0.2, 0.25) is 0 Å². The van der Waals surface area contributed by atoms with Gasteiger partial charge in [-0.3, -0.25) is 4.79 Å². The van der Waals surface area contributed by atoms with Gasteiger partial charge in [-0.25, -0.2) is 0 Å². The molecule has 0 amide bonds.